The van der Waals surface area contributed by atoms with Crippen LogP contribution in [0.4, 0.5) is 0 Å². The third kappa shape index (κ3) is 8.00. The molecule has 0 fully saturated rings. The number of rotatable bonds is 5. The van der Waals surface area contributed by atoms with Crippen LogP contribution in [0.2, 0.25) is 0 Å². The van der Waals surface area contributed by atoms with Gasteiger partial charge in [0.15, 0.2) is 11.5 Å². The fourth-order valence-electron chi connectivity index (χ4n) is 5.92. The molecular formula is C37H40N8O5. The molecule has 6 rings (SSSR count). The van der Waals surface area contributed by atoms with Gasteiger partial charge in [-0.25, -0.2) is 4.98 Å². The highest BCUT2D eigenvalue weighted by Crippen LogP contribution is 2.31. The Morgan fingerprint density at radius 2 is 1.78 bits per heavy atom. The summed E-state index contributed by atoms with van der Waals surface area (Å²) in [6, 6.07) is 21.0. The number of amides is 3. The summed E-state index contributed by atoms with van der Waals surface area (Å²) in [5, 5.41) is 14.5. The van der Waals surface area contributed by atoms with Crippen LogP contribution in [-0.2, 0) is 31.2 Å². The first-order chi connectivity index (χ1) is 24.4. The molecule has 1 aliphatic heterocycles. The van der Waals surface area contributed by atoms with E-state index in [0.717, 1.165) is 11.3 Å². The van der Waals surface area contributed by atoms with Gasteiger partial charge in [-0.1, -0.05) is 59.8 Å². The number of nitrogens with zero attached hydrogens (tertiary/aromatic N) is 6. The standard InChI is InChI=1S/C37H40N8O5/c1-43-21-17-38-34(43)28-12-6-7-13-29(28)37(48)44-20-16-27-25-45(42-41-27)19-9-23-50-33-30(14-8-15-32(33)49-2)35(46)40-31(36(47)39-18-22-44)24-26-10-4-3-5-11-26/h3-8,10-15,17,21,25,31H,9,16,18-20,22-24H2,1-2H3,(H,39,47)(H,40,46)/t31-/m0/s1. The number of hydrogen-bond donors (Lipinski definition) is 2. The van der Waals surface area contributed by atoms with Crippen LogP contribution in [-0.4, -0.2) is 86.6 Å². The van der Waals surface area contributed by atoms with Gasteiger partial charge in [-0.2, -0.15) is 0 Å². The molecule has 0 spiro atoms. The molecule has 258 valence electrons. The molecule has 5 aromatic rings. The Labute approximate surface area is 290 Å². The van der Waals surface area contributed by atoms with Crippen LogP contribution in [0.1, 0.15) is 38.4 Å². The van der Waals surface area contributed by atoms with Gasteiger partial charge < -0.3 is 29.6 Å². The minimum absolute atomic E-state index is 0.149. The summed E-state index contributed by atoms with van der Waals surface area (Å²) in [5.41, 5.74) is 3.06. The Hall–Kier alpha value is -5.98. The first-order valence-corrected chi connectivity index (χ1v) is 16.6. The molecular weight excluding hydrogens is 636 g/mol. The lowest BCUT2D eigenvalue weighted by Crippen LogP contribution is -2.50. The van der Waals surface area contributed by atoms with E-state index in [1.54, 1.807) is 40.0 Å². The van der Waals surface area contributed by atoms with Crippen molar-refractivity contribution in [2.24, 2.45) is 7.05 Å². The average Bonchev–Trinajstić information content (AvgIpc) is 3.79. The molecule has 0 saturated carbocycles. The topological polar surface area (TPSA) is 146 Å². The molecule has 50 heavy (non-hydrogen) atoms. The second-order valence-corrected chi connectivity index (χ2v) is 12.0. The summed E-state index contributed by atoms with van der Waals surface area (Å²) in [6.07, 6.45) is 6.68. The third-order valence-electron chi connectivity index (χ3n) is 8.54. The third-order valence-corrected chi connectivity index (χ3v) is 8.54. The number of aromatic nitrogens is 5. The van der Waals surface area contributed by atoms with E-state index in [-0.39, 0.29) is 43.5 Å². The number of imidazole rings is 1. The first-order valence-electron chi connectivity index (χ1n) is 16.6. The van der Waals surface area contributed by atoms with E-state index in [1.165, 1.54) is 7.11 Å². The minimum atomic E-state index is -0.909. The summed E-state index contributed by atoms with van der Waals surface area (Å²) in [4.78, 5) is 48.0. The SMILES string of the molecule is COc1cccc2c1OCCCn1cc(nn1)CCN(C(=O)c1ccccc1-c1nccn1C)CCNC(=O)[C@H](Cc1ccccc1)NC2=O. The number of carbonyl (C=O) groups excluding carboxylic acids is 3. The molecule has 2 bridgehead atoms. The number of carbonyl (C=O) groups is 3. The molecule has 0 saturated heterocycles. The van der Waals surface area contributed by atoms with Crippen LogP contribution in [0.3, 0.4) is 0 Å². The van der Waals surface area contributed by atoms with Gasteiger partial charge in [-0.3, -0.25) is 19.1 Å². The van der Waals surface area contributed by atoms with Crippen LogP contribution in [0.5, 0.6) is 11.5 Å². The lowest BCUT2D eigenvalue weighted by atomic mass is 10.0. The molecule has 1 aliphatic rings. The quantitative estimate of drug-likeness (QED) is 0.289. The summed E-state index contributed by atoms with van der Waals surface area (Å²) >= 11 is 0. The van der Waals surface area contributed by atoms with Crippen LogP contribution in [0.25, 0.3) is 11.4 Å². The highest BCUT2D eigenvalue weighted by Gasteiger charge is 2.26. The molecule has 0 unspecified atom stereocenters. The fourth-order valence-corrected chi connectivity index (χ4v) is 5.92. The molecule has 3 amide bonds. The molecule has 0 radical (unpaired) electrons. The van der Waals surface area contributed by atoms with Crippen LogP contribution in [0.15, 0.2) is 91.4 Å². The van der Waals surface area contributed by atoms with Crippen molar-refractivity contribution in [2.45, 2.75) is 31.8 Å². The van der Waals surface area contributed by atoms with Gasteiger partial charge >= 0.3 is 0 Å². The maximum Gasteiger partial charge on any atom is 0.255 e. The van der Waals surface area contributed by atoms with Gasteiger partial charge in [-0.05, 0) is 23.8 Å². The minimum Gasteiger partial charge on any atom is -0.493 e. The Morgan fingerprint density at radius 1 is 0.980 bits per heavy atom. The fraction of sp³-hybridized carbons (Fsp3) is 0.297. The van der Waals surface area contributed by atoms with Crippen molar-refractivity contribution in [3.63, 3.8) is 0 Å². The van der Waals surface area contributed by atoms with Crippen molar-refractivity contribution < 1.29 is 23.9 Å². The smallest absolute Gasteiger partial charge is 0.255 e. The second kappa shape index (κ2) is 15.9. The summed E-state index contributed by atoms with van der Waals surface area (Å²) in [7, 11) is 3.40. The van der Waals surface area contributed by atoms with Gasteiger partial charge in [0.25, 0.3) is 11.8 Å². The molecule has 2 N–H and O–H groups in total. The van der Waals surface area contributed by atoms with Crippen LogP contribution >= 0.6 is 0 Å². The van der Waals surface area contributed by atoms with Gasteiger partial charge in [0, 0.05) is 76.6 Å². The summed E-state index contributed by atoms with van der Waals surface area (Å²) < 4.78 is 15.2. The van der Waals surface area contributed by atoms with Crippen molar-refractivity contribution in [1.29, 1.82) is 0 Å². The van der Waals surface area contributed by atoms with Crippen LogP contribution in [0, 0.1) is 0 Å². The lowest BCUT2D eigenvalue weighted by Gasteiger charge is -2.25. The number of para-hydroxylation sites is 1. The van der Waals surface area contributed by atoms with Crippen molar-refractivity contribution in [1.82, 2.24) is 40.1 Å². The largest absolute Gasteiger partial charge is 0.493 e. The number of fused-ring (bicyclic) bond motifs is 3. The number of hydrogen-bond acceptors (Lipinski definition) is 8. The lowest BCUT2D eigenvalue weighted by molar-refractivity contribution is -0.123. The second-order valence-electron chi connectivity index (χ2n) is 12.0. The first kappa shape index (κ1) is 33.9. The summed E-state index contributed by atoms with van der Waals surface area (Å²) in [6.45, 7) is 1.51. The number of aryl methyl sites for hydroxylation is 2. The zero-order valence-corrected chi connectivity index (χ0v) is 28.1. The van der Waals surface area contributed by atoms with E-state index in [9.17, 15) is 14.4 Å². The van der Waals surface area contributed by atoms with E-state index < -0.39 is 11.9 Å². The van der Waals surface area contributed by atoms with E-state index in [4.69, 9.17) is 9.47 Å². The number of ether oxygens (including phenoxy) is 2. The van der Waals surface area contributed by atoms with E-state index in [0.29, 0.717) is 54.4 Å². The van der Waals surface area contributed by atoms with Gasteiger partial charge in [0.2, 0.25) is 5.91 Å². The van der Waals surface area contributed by atoms with Gasteiger partial charge in [-0.15, -0.1) is 5.10 Å². The Balaban J connectivity index is 1.29. The zero-order valence-electron chi connectivity index (χ0n) is 28.1. The normalized spacial score (nSPS) is 16.1. The Kier molecular flexibility index (Phi) is 10.8. The Morgan fingerprint density at radius 3 is 2.58 bits per heavy atom. The average molecular weight is 677 g/mol. The molecule has 1 atom stereocenters. The number of nitrogens with one attached hydrogen (secondary N) is 2. The van der Waals surface area contributed by atoms with Gasteiger partial charge in [0.1, 0.15) is 11.9 Å². The number of methoxy groups -OCH3 is 1. The van der Waals surface area contributed by atoms with Crippen molar-refractivity contribution in [3.05, 3.63) is 114 Å². The molecule has 3 aromatic carbocycles. The van der Waals surface area contributed by atoms with E-state index in [1.807, 2.05) is 72.5 Å². The van der Waals surface area contributed by atoms with Crippen molar-refractivity contribution >= 4 is 17.7 Å². The molecule has 3 heterocycles. The van der Waals surface area contributed by atoms with Crippen LogP contribution < -0.4 is 20.1 Å². The molecule has 13 nitrogen and oxygen atoms in total. The molecule has 0 aliphatic carbocycles. The van der Waals surface area contributed by atoms with Gasteiger partial charge in [0.05, 0.1) is 30.5 Å². The number of benzene rings is 3. The maximum atomic E-state index is 14.2. The molecule has 2 aromatic heterocycles. The predicted molar refractivity (Wildman–Crippen MR) is 186 cm³/mol. The summed E-state index contributed by atoms with van der Waals surface area (Å²) in [5.74, 6) is 0.317. The monoisotopic (exact) mass is 676 g/mol. The maximum absolute atomic E-state index is 14.2. The zero-order chi connectivity index (χ0) is 34.9. The van der Waals surface area contributed by atoms with E-state index in [2.05, 4.69) is 25.9 Å². The molecule has 13 heteroatoms. The predicted octanol–water partition coefficient (Wildman–Crippen LogP) is 3.31. The highest BCUT2D eigenvalue weighted by molar-refractivity contribution is 6.01. The van der Waals surface area contributed by atoms with Crippen molar-refractivity contribution in [2.75, 3.05) is 33.4 Å². The highest BCUT2D eigenvalue weighted by atomic mass is 16.5. The van der Waals surface area contributed by atoms with Crippen molar-refractivity contribution in [3.8, 4) is 22.9 Å². The Bertz CT molecular complexity index is 1940. The van der Waals surface area contributed by atoms with E-state index >= 15 is 0 Å².